The molecule has 0 atom stereocenters. The van der Waals surface area contributed by atoms with Gasteiger partial charge in [0.1, 0.15) is 11.6 Å². The Kier molecular flexibility index (Phi) is 4.35. The van der Waals surface area contributed by atoms with E-state index in [2.05, 4.69) is 15.4 Å². The van der Waals surface area contributed by atoms with E-state index in [9.17, 15) is 9.18 Å². The first kappa shape index (κ1) is 16.8. The first-order valence-electron chi connectivity index (χ1n) is 7.92. The summed E-state index contributed by atoms with van der Waals surface area (Å²) < 4.78 is 15.1. The van der Waals surface area contributed by atoms with Crippen LogP contribution in [0.4, 0.5) is 10.2 Å². The highest BCUT2D eigenvalue weighted by atomic mass is 19.1. The van der Waals surface area contributed by atoms with Crippen molar-refractivity contribution in [3.63, 3.8) is 0 Å². The molecule has 0 aliphatic rings. The Balaban J connectivity index is 2.04. The fourth-order valence-electron chi connectivity index (χ4n) is 2.52. The van der Waals surface area contributed by atoms with Gasteiger partial charge in [0.15, 0.2) is 0 Å². The predicted octanol–water partition coefficient (Wildman–Crippen LogP) is 4.09. The van der Waals surface area contributed by atoms with E-state index >= 15 is 0 Å². The summed E-state index contributed by atoms with van der Waals surface area (Å²) in [7, 11) is 0. The smallest absolute Gasteiger partial charge is 0.258 e. The molecule has 128 valence electrons. The SMILES string of the molecule is CC(C)(C)n1ncc(-c2ccccc2)c1NC(=O)c1cncc(F)c1. The number of rotatable bonds is 3. The Bertz CT molecular complexity index is 897. The second-order valence-corrected chi connectivity index (χ2v) is 6.70. The molecule has 6 heteroatoms. The Morgan fingerprint density at radius 3 is 2.48 bits per heavy atom. The van der Waals surface area contributed by atoms with Gasteiger partial charge in [0.2, 0.25) is 0 Å². The molecule has 0 radical (unpaired) electrons. The van der Waals surface area contributed by atoms with Gasteiger partial charge in [-0.1, -0.05) is 30.3 Å². The number of hydrogen-bond acceptors (Lipinski definition) is 3. The van der Waals surface area contributed by atoms with Crippen molar-refractivity contribution < 1.29 is 9.18 Å². The minimum Gasteiger partial charge on any atom is -0.306 e. The first-order valence-corrected chi connectivity index (χ1v) is 7.92. The van der Waals surface area contributed by atoms with Gasteiger partial charge in [-0.2, -0.15) is 5.10 Å². The van der Waals surface area contributed by atoms with Gasteiger partial charge < -0.3 is 5.32 Å². The van der Waals surface area contributed by atoms with Crippen LogP contribution < -0.4 is 5.32 Å². The van der Waals surface area contributed by atoms with Crippen molar-refractivity contribution in [3.8, 4) is 11.1 Å². The van der Waals surface area contributed by atoms with Gasteiger partial charge in [-0.25, -0.2) is 9.07 Å². The van der Waals surface area contributed by atoms with Crippen molar-refractivity contribution in [2.75, 3.05) is 5.32 Å². The van der Waals surface area contributed by atoms with Crippen LogP contribution in [0.1, 0.15) is 31.1 Å². The third-order valence-electron chi connectivity index (χ3n) is 3.69. The number of nitrogens with zero attached hydrogens (tertiary/aromatic N) is 3. The number of benzene rings is 1. The maximum absolute atomic E-state index is 13.4. The largest absolute Gasteiger partial charge is 0.306 e. The molecule has 0 aliphatic heterocycles. The molecule has 2 aromatic heterocycles. The van der Waals surface area contributed by atoms with Gasteiger partial charge in [0, 0.05) is 11.8 Å². The van der Waals surface area contributed by atoms with Crippen LogP contribution in [0.2, 0.25) is 0 Å². The molecule has 1 aromatic carbocycles. The quantitative estimate of drug-likeness (QED) is 0.782. The summed E-state index contributed by atoms with van der Waals surface area (Å²) >= 11 is 0. The standard InChI is InChI=1S/C19H19FN4O/c1-19(2,3)24-17(16(12-22-24)13-7-5-4-6-8-13)23-18(25)14-9-15(20)11-21-10-14/h4-12H,1-3H3,(H,23,25). The second kappa shape index (κ2) is 6.47. The minimum absolute atomic E-state index is 0.153. The average molecular weight is 338 g/mol. The van der Waals surface area contributed by atoms with Crippen LogP contribution in [0.25, 0.3) is 11.1 Å². The number of nitrogens with one attached hydrogen (secondary N) is 1. The number of amides is 1. The molecule has 0 unspecified atom stereocenters. The lowest BCUT2D eigenvalue weighted by Crippen LogP contribution is -2.27. The number of halogens is 1. The van der Waals surface area contributed by atoms with E-state index < -0.39 is 11.7 Å². The first-order chi connectivity index (χ1) is 11.9. The maximum atomic E-state index is 13.4. The molecule has 3 aromatic rings. The number of aromatic nitrogens is 3. The van der Waals surface area contributed by atoms with Crippen molar-refractivity contribution in [1.82, 2.24) is 14.8 Å². The highest BCUT2D eigenvalue weighted by Gasteiger charge is 2.23. The van der Waals surface area contributed by atoms with Crippen molar-refractivity contribution in [3.05, 3.63) is 66.4 Å². The second-order valence-electron chi connectivity index (χ2n) is 6.70. The van der Waals surface area contributed by atoms with Crippen LogP contribution >= 0.6 is 0 Å². The van der Waals surface area contributed by atoms with Crippen molar-refractivity contribution in [1.29, 1.82) is 0 Å². The molecule has 1 N–H and O–H groups in total. The van der Waals surface area contributed by atoms with Crippen molar-refractivity contribution in [2.24, 2.45) is 0 Å². The lowest BCUT2D eigenvalue weighted by molar-refractivity contribution is 0.102. The van der Waals surface area contributed by atoms with Gasteiger partial charge >= 0.3 is 0 Å². The normalized spacial score (nSPS) is 11.4. The van der Waals surface area contributed by atoms with Crippen LogP contribution in [0.15, 0.2) is 55.0 Å². The molecule has 0 saturated heterocycles. The Labute approximate surface area is 145 Å². The van der Waals surface area contributed by atoms with Crippen molar-refractivity contribution >= 4 is 11.7 Å². The molecule has 0 spiro atoms. The summed E-state index contributed by atoms with van der Waals surface area (Å²) in [6, 6.07) is 10.8. The topological polar surface area (TPSA) is 59.8 Å². The van der Waals surface area contributed by atoms with Gasteiger partial charge in [0.25, 0.3) is 5.91 Å². The zero-order valence-corrected chi connectivity index (χ0v) is 14.3. The van der Waals surface area contributed by atoms with Crippen LogP contribution in [0, 0.1) is 5.82 Å². The van der Waals surface area contributed by atoms with E-state index in [1.807, 2.05) is 51.1 Å². The van der Waals surface area contributed by atoms with E-state index in [1.54, 1.807) is 10.9 Å². The highest BCUT2D eigenvalue weighted by Crippen LogP contribution is 2.32. The average Bonchev–Trinajstić information content (AvgIpc) is 2.99. The lowest BCUT2D eigenvalue weighted by Gasteiger charge is -2.23. The summed E-state index contributed by atoms with van der Waals surface area (Å²) in [4.78, 5) is 16.3. The Morgan fingerprint density at radius 2 is 1.84 bits per heavy atom. The lowest BCUT2D eigenvalue weighted by atomic mass is 10.1. The zero-order chi connectivity index (χ0) is 18.0. The third-order valence-corrected chi connectivity index (χ3v) is 3.69. The molecule has 0 fully saturated rings. The van der Waals surface area contributed by atoms with Gasteiger partial charge in [-0.15, -0.1) is 0 Å². The van der Waals surface area contributed by atoms with E-state index in [0.29, 0.717) is 5.82 Å². The van der Waals surface area contributed by atoms with E-state index in [-0.39, 0.29) is 11.1 Å². The van der Waals surface area contributed by atoms with Gasteiger partial charge in [-0.05, 0) is 32.4 Å². The summed E-state index contributed by atoms with van der Waals surface area (Å²) in [5.74, 6) is -0.427. The Hall–Kier alpha value is -3.02. The molecular formula is C19H19FN4O. The fraction of sp³-hybridized carbons (Fsp3) is 0.211. The van der Waals surface area contributed by atoms with Gasteiger partial charge in [0.05, 0.1) is 23.5 Å². The zero-order valence-electron chi connectivity index (χ0n) is 14.3. The van der Waals surface area contributed by atoms with Crippen LogP contribution in [0.5, 0.6) is 0 Å². The molecule has 0 aliphatic carbocycles. The number of hydrogen-bond donors (Lipinski definition) is 1. The van der Waals surface area contributed by atoms with E-state index in [1.165, 1.54) is 6.20 Å². The van der Waals surface area contributed by atoms with E-state index in [0.717, 1.165) is 23.4 Å². The number of carbonyl (C=O) groups excluding carboxylic acids is 1. The summed E-state index contributed by atoms with van der Waals surface area (Å²) in [6.45, 7) is 5.98. The molecule has 1 amide bonds. The molecule has 3 rings (SSSR count). The van der Waals surface area contributed by atoms with Crippen LogP contribution in [-0.4, -0.2) is 20.7 Å². The molecule has 0 bridgehead atoms. The van der Waals surface area contributed by atoms with Crippen LogP contribution in [-0.2, 0) is 5.54 Å². The monoisotopic (exact) mass is 338 g/mol. The predicted molar refractivity (Wildman–Crippen MR) is 94.8 cm³/mol. The van der Waals surface area contributed by atoms with Gasteiger partial charge in [-0.3, -0.25) is 9.78 Å². The fourth-order valence-corrected chi connectivity index (χ4v) is 2.52. The number of pyridine rings is 1. The minimum atomic E-state index is -0.555. The third kappa shape index (κ3) is 3.57. The van der Waals surface area contributed by atoms with E-state index in [4.69, 9.17) is 0 Å². The molecule has 25 heavy (non-hydrogen) atoms. The highest BCUT2D eigenvalue weighted by molar-refractivity contribution is 6.05. The molecular weight excluding hydrogens is 319 g/mol. The molecule has 2 heterocycles. The van der Waals surface area contributed by atoms with Crippen LogP contribution in [0.3, 0.4) is 0 Å². The Morgan fingerprint density at radius 1 is 1.12 bits per heavy atom. The molecule has 0 saturated carbocycles. The molecule has 5 nitrogen and oxygen atoms in total. The number of carbonyl (C=O) groups is 1. The summed E-state index contributed by atoms with van der Waals surface area (Å²) in [5, 5.41) is 7.30. The summed E-state index contributed by atoms with van der Waals surface area (Å²) in [6.07, 6.45) is 4.12. The van der Waals surface area contributed by atoms with Crippen molar-refractivity contribution in [2.45, 2.75) is 26.3 Å². The number of anilines is 1. The summed E-state index contributed by atoms with van der Waals surface area (Å²) in [5.41, 5.74) is 1.55. The maximum Gasteiger partial charge on any atom is 0.258 e.